The molecule has 2 atom stereocenters. The maximum atomic E-state index is 12.4. The average molecular weight is 402 g/mol. The molecule has 0 radical (unpaired) electrons. The Morgan fingerprint density at radius 2 is 1.96 bits per heavy atom. The summed E-state index contributed by atoms with van der Waals surface area (Å²) in [6, 6.07) is 10.7. The number of hydrogen-bond acceptors (Lipinski definition) is 3. The first-order valence-electron chi connectivity index (χ1n) is 9.41. The van der Waals surface area contributed by atoms with Gasteiger partial charge in [0.25, 0.3) is 0 Å². The lowest BCUT2D eigenvalue weighted by Crippen LogP contribution is -2.33. The van der Waals surface area contributed by atoms with Crippen LogP contribution in [0.1, 0.15) is 31.2 Å². The fourth-order valence-electron chi connectivity index (χ4n) is 4.02. The van der Waals surface area contributed by atoms with Crippen molar-refractivity contribution in [3.8, 4) is 0 Å². The Bertz CT molecular complexity index is 523. The van der Waals surface area contributed by atoms with Crippen LogP contribution in [0.15, 0.2) is 30.3 Å². The molecule has 4 nitrogen and oxygen atoms in total. The van der Waals surface area contributed by atoms with Crippen molar-refractivity contribution in [3.05, 3.63) is 35.9 Å². The Morgan fingerprint density at radius 3 is 2.65 bits per heavy atom. The van der Waals surface area contributed by atoms with Crippen LogP contribution in [-0.4, -0.2) is 55.5 Å². The van der Waals surface area contributed by atoms with Crippen LogP contribution >= 0.6 is 24.8 Å². The van der Waals surface area contributed by atoms with Crippen LogP contribution < -0.4 is 5.32 Å². The van der Waals surface area contributed by atoms with Crippen molar-refractivity contribution < 1.29 is 4.79 Å². The number of hydrogen-bond donors (Lipinski definition) is 1. The van der Waals surface area contributed by atoms with E-state index in [9.17, 15) is 4.79 Å². The van der Waals surface area contributed by atoms with E-state index in [0.29, 0.717) is 24.2 Å². The molecule has 2 aliphatic heterocycles. The number of carbonyl (C=O) groups is 1. The lowest BCUT2D eigenvalue weighted by molar-refractivity contribution is -0.130. The van der Waals surface area contributed by atoms with Gasteiger partial charge in [0, 0.05) is 33.1 Å². The van der Waals surface area contributed by atoms with Crippen molar-refractivity contribution in [3.63, 3.8) is 0 Å². The second-order valence-corrected chi connectivity index (χ2v) is 7.55. The number of carbonyl (C=O) groups excluding carboxylic acids is 1. The van der Waals surface area contributed by atoms with Crippen LogP contribution in [0.5, 0.6) is 0 Å². The first kappa shape index (κ1) is 23.2. The third-order valence-electron chi connectivity index (χ3n) is 5.51. The van der Waals surface area contributed by atoms with Gasteiger partial charge in [-0.3, -0.25) is 9.69 Å². The molecular formula is C20H33Cl2N3O. The number of nitrogens with one attached hydrogen (secondary N) is 1. The molecular weight excluding hydrogens is 369 g/mol. The topological polar surface area (TPSA) is 35.6 Å². The summed E-state index contributed by atoms with van der Waals surface area (Å²) in [5.74, 6) is 1.65. The summed E-state index contributed by atoms with van der Waals surface area (Å²) in [5, 5.41) is 3.38. The van der Waals surface area contributed by atoms with Gasteiger partial charge in [-0.1, -0.05) is 30.3 Å². The summed E-state index contributed by atoms with van der Waals surface area (Å²) in [6.07, 6.45) is 4.19. The number of likely N-dealkylation sites (tertiary alicyclic amines) is 1. The minimum atomic E-state index is 0. The molecule has 1 N–H and O–H groups in total. The monoisotopic (exact) mass is 401 g/mol. The van der Waals surface area contributed by atoms with Gasteiger partial charge in [-0.05, 0) is 56.3 Å². The Balaban J connectivity index is 0.00000169. The molecule has 1 aromatic rings. The van der Waals surface area contributed by atoms with Crippen LogP contribution in [0.25, 0.3) is 0 Å². The number of halogens is 2. The van der Waals surface area contributed by atoms with Crippen LogP contribution in [0.4, 0.5) is 0 Å². The number of amides is 1. The first-order chi connectivity index (χ1) is 11.7. The van der Waals surface area contributed by atoms with E-state index in [-0.39, 0.29) is 24.8 Å². The molecule has 6 heteroatoms. The molecule has 0 bridgehead atoms. The van der Waals surface area contributed by atoms with Gasteiger partial charge in [-0.25, -0.2) is 0 Å². The maximum Gasteiger partial charge on any atom is 0.222 e. The molecule has 3 rings (SSSR count). The smallest absolute Gasteiger partial charge is 0.222 e. The highest BCUT2D eigenvalue weighted by Gasteiger charge is 2.25. The molecule has 26 heavy (non-hydrogen) atoms. The average Bonchev–Trinajstić information content (AvgIpc) is 3.25. The van der Waals surface area contributed by atoms with E-state index in [1.807, 2.05) is 11.9 Å². The number of nitrogens with zero attached hydrogens (tertiary/aromatic N) is 2. The molecule has 0 aliphatic carbocycles. The summed E-state index contributed by atoms with van der Waals surface area (Å²) in [5.41, 5.74) is 1.38. The Kier molecular flexibility index (Phi) is 10.6. The van der Waals surface area contributed by atoms with Gasteiger partial charge in [0.1, 0.15) is 0 Å². The van der Waals surface area contributed by atoms with E-state index in [2.05, 4.69) is 40.5 Å². The number of rotatable bonds is 7. The van der Waals surface area contributed by atoms with E-state index in [1.54, 1.807) is 0 Å². The van der Waals surface area contributed by atoms with Crippen molar-refractivity contribution in [1.82, 2.24) is 15.1 Å². The van der Waals surface area contributed by atoms with Gasteiger partial charge >= 0.3 is 0 Å². The predicted octanol–water partition coefficient (Wildman–Crippen LogP) is 3.20. The predicted molar refractivity (Wildman–Crippen MR) is 112 cm³/mol. The summed E-state index contributed by atoms with van der Waals surface area (Å²) in [6.45, 7) is 6.41. The van der Waals surface area contributed by atoms with E-state index < -0.39 is 0 Å². The SMILES string of the molecule is CN(CC1CCN(Cc2ccccc2)C1)C(=O)CCC1CCNC1.Cl.Cl. The summed E-state index contributed by atoms with van der Waals surface area (Å²) < 4.78 is 0. The van der Waals surface area contributed by atoms with Gasteiger partial charge in [0.2, 0.25) is 5.91 Å². The molecule has 2 unspecified atom stereocenters. The molecule has 0 spiro atoms. The molecule has 0 saturated carbocycles. The van der Waals surface area contributed by atoms with Gasteiger partial charge in [-0.2, -0.15) is 0 Å². The normalized spacial score (nSPS) is 22.5. The van der Waals surface area contributed by atoms with Gasteiger partial charge in [0.05, 0.1) is 0 Å². The van der Waals surface area contributed by atoms with E-state index >= 15 is 0 Å². The van der Waals surface area contributed by atoms with Crippen molar-refractivity contribution in [2.24, 2.45) is 11.8 Å². The van der Waals surface area contributed by atoms with E-state index in [1.165, 1.54) is 18.4 Å². The highest BCUT2D eigenvalue weighted by atomic mass is 35.5. The zero-order chi connectivity index (χ0) is 16.8. The zero-order valence-corrected chi connectivity index (χ0v) is 17.4. The fourth-order valence-corrected chi connectivity index (χ4v) is 4.02. The Hall–Kier alpha value is -0.810. The molecule has 2 heterocycles. The Morgan fingerprint density at radius 1 is 1.19 bits per heavy atom. The van der Waals surface area contributed by atoms with Crippen LogP contribution in [0.2, 0.25) is 0 Å². The van der Waals surface area contributed by atoms with Crippen molar-refractivity contribution >= 4 is 30.7 Å². The second kappa shape index (κ2) is 11.8. The molecule has 0 aromatic heterocycles. The molecule has 1 amide bonds. The molecule has 148 valence electrons. The third-order valence-corrected chi connectivity index (χ3v) is 5.51. The Labute approximate surface area is 170 Å². The zero-order valence-electron chi connectivity index (χ0n) is 15.7. The standard InChI is InChI=1S/C20H31N3O.2ClH/c1-22(20(24)8-7-17-9-11-21-13-17)14-19-10-12-23(16-19)15-18-5-3-2-4-6-18;;/h2-6,17,19,21H,7-16H2,1H3;2*1H. The van der Waals surface area contributed by atoms with E-state index in [0.717, 1.165) is 45.7 Å². The second-order valence-electron chi connectivity index (χ2n) is 7.55. The lowest BCUT2D eigenvalue weighted by atomic mass is 10.0. The molecule has 2 aliphatic rings. The highest BCUT2D eigenvalue weighted by Crippen LogP contribution is 2.20. The van der Waals surface area contributed by atoms with Crippen molar-refractivity contribution in [2.75, 3.05) is 39.8 Å². The minimum absolute atomic E-state index is 0. The summed E-state index contributed by atoms with van der Waals surface area (Å²) in [4.78, 5) is 16.8. The largest absolute Gasteiger partial charge is 0.345 e. The van der Waals surface area contributed by atoms with Gasteiger partial charge in [-0.15, -0.1) is 24.8 Å². The summed E-state index contributed by atoms with van der Waals surface area (Å²) in [7, 11) is 1.98. The number of benzene rings is 1. The minimum Gasteiger partial charge on any atom is -0.345 e. The quantitative estimate of drug-likeness (QED) is 0.761. The third kappa shape index (κ3) is 7.07. The van der Waals surface area contributed by atoms with Gasteiger partial charge in [0.15, 0.2) is 0 Å². The maximum absolute atomic E-state index is 12.4. The summed E-state index contributed by atoms with van der Waals surface area (Å²) >= 11 is 0. The van der Waals surface area contributed by atoms with Gasteiger partial charge < -0.3 is 10.2 Å². The van der Waals surface area contributed by atoms with Crippen LogP contribution in [-0.2, 0) is 11.3 Å². The molecule has 2 fully saturated rings. The van der Waals surface area contributed by atoms with E-state index in [4.69, 9.17) is 0 Å². The van der Waals surface area contributed by atoms with Crippen molar-refractivity contribution in [1.29, 1.82) is 0 Å². The molecule has 1 aromatic carbocycles. The fraction of sp³-hybridized carbons (Fsp3) is 0.650. The van der Waals surface area contributed by atoms with Crippen LogP contribution in [0, 0.1) is 11.8 Å². The highest BCUT2D eigenvalue weighted by molar-refractivity contribution is 5.85. The molecule has 2 saturated heterocycles. The first-order valence-corrected chi connectivity index (χ1v) is 9.41. The van der Waals surface area contributed by atoms with Crippen LogP contribution in [0.3, 0.4) is 0 Å². The lowest BCUT2D eigenvalue weighted by Gasteiger charge is -2.22. The van der Waals surface area contributed by atoms with Crippen molar-refractivity contribution in [2.45, 2.75) is 32.2 Å².